The number of alkyl halides is 3. The molecule has 0 bridgehead atoms. The maximum atomic E-state index is 15.2. The molecule has 224 valence electrons. The average molecular weight is 605 g/mol. The van der Waals surface area contributed by atoms with Crippen LogP contribution in [-0.2, 0) is 4.79 Å². The van der Waals surface area contributed by atoms with Gasteiger partial charge in [0.25, 0.3) is 11.8 Å². The van der Waals surface area contributed by atoms with Crippen LogP contribution < -0.4 is 15.6 Å². The van der Waals surface area contributed by atoms with E-state index in [1.807, 2.05) is 0 Å². The number of piperidine rings is 1. The number of amides is 2. The second kappa shape index (κ2) is 11.2. The third-order valence-electron chi connectivity index (χ3n) is 7.02. The first-order valence-corrected chi connectivity index (χ1v) is 12.9. The number of fused-ring (bicyclic) bond motifs is 1. The Bertz CT molecular complexity index is 1800. The summed E-state index contributed by atoms with van der Waals surface area (Å²) in [5.74, 6) is -6.28. The summed E-state index contributed by atoms with van der Waals surface area (Å²) in [4.78, 5) is 44.7. The van der Waals surface area contributed by atoms with Gasteiger partial charge < -0.3 is 10.4 Å². The maximum absolute atomic E-state index is 15.2. The maximum Gasteiger partial charge on any atom is 0.413 e. The van der Waals surface area contributed by atoms with Gasteiger partial charge in [0.15, 0.2) is 11.7 Å². The highest BCUT2D eigenvalue weighted by Gasteiger charge is 2.45. The molecule has 1 aliphatic heterocycles. The minimum absolute atomic E-state index is 0.00119. The van der Waals surface area contributed by atoms with Gasteiger partial charge in [0, 0.05) is 12.7 Å². The number of nitrogens with one attached hydrogen (secondary N) is 1. The van der Waals surface area contributed by atoms with Crippen LogP contribution in [0.5, 0.6) is 0 Å². The Hall–Kier alpha value is -4.72. The highest BCUT2D eigenvalue weighted by molar-refractivity contribution is 5.99. The second-order valence-electron chi connectivity index (χ2n) is 9.97. The lowest BCUT2D eigenvalue weighted by atomic mass is 10.0. The average Bonchev–Trinajstić information content (AvgIpc) is 2.93. The van der Waals surface area contributed by atoms with Crippen LogP contribution in [-0.4, -0.2) is 45.3 Å². The number of nitrogens with zero attached hydrogens (tertiary/aromatic N) is 3. The smallest absolute Gasteiger partial charge is 0.383 e. The minimum Gasteiger partial charge on any atom is -0.383 e. The predicted octanol–water partition coefficient (Wildman–Crippen LogP) is 4.63. The number of pyridine rings is 2. The first-order chi connectivity index (χ1) is 20.3. The van der Waals surface area contributed by atoms with Gasteiger partial charge in [0.2, 0.25) is 5.43 Å². The van der Waals surface area contributed by atoms with Gasteiger partial charge in [-0.2, -0.15) is 13.2 Å². The Kier molecular flexibility index (Phi) is 7.73. The molecule has 1 fully saturated rings. The summed E-state index contributed by atoms with van der Waals surface area (Å²) < 4.78 is 86.7. The van der Waals surface area contributed by atoms with Crippen molar-refractivity contribution in [2.24, 2.45) is 0 Å². The van der Waals surface area contributed by atoms with Crippen molar-refractivity contribution < 1.29 is 41.0 Å². The number of aliphatic hydroxyl groups excluding tert-OH is 1. The molecule has 2 atom stereocenters. The summed E-state index contributed by atoms with van der Waals surface area (Å²) in [6.45, 7) is 1.78. The fourth-order valence-electron chi connectivity index (χ4n) is 4.89. The highest BCUT2D eigenvalue weighted by Crippen LogP contribution is 2.36. The fourth-order valence-corrected chi connectivity index (χ4v) is 4.89. The molecular weight excluding hydrogens is 582 g/mol. The molecule has 2 aromatic heterocycles. The zero-order valence-corrected chi connectivity index (χ0v) is 22.3. The Balaban J connectivity index is 1.69. The molecule has 4 aromatic rings. The summed E-state index contributed by atoms with van der Waals surface area (Å²) in [7, 11) is 0. The summed E-state index contributed by atoms with van der Waals surface area (Å²) >= 11 is 0. The number of hydrogen-bond donors (Lipinski definition) is 2. The molecule has 1 saturated heterocycles. The molecule has 2 aromatic carbocycles. The summed E-state index contributed by atoms with van der Waals surface area (Å²) in [5.41, 5.74) is -3.48. The van der Waals surface area contributed by atoms with E-state index in [1.165, 1.54) is 28.4 Å². The molecule has 43 heavy (non-hydrogen) atoms. The van der Waals surface area contributed by atoms with Crippen molar-refractivity contribution in [2.75, 3.05) is 11.4 Å². The lowest BCUT2D eigenvalue weighted by molar-refractivity contribution is -0.156. The Labute approximate surface area is 239 Å². The van der Waals surface area contributed by atoms with E-state index >= 15 is 4.39 Å². The molecule has 0 aliphatic carbocycles. The van der Waals surface area contributed by atoms with E-state index in [-0.39, 0.29) is 35.5 Å². The molecule has 14 heteroatoms. The van der Waals surface area contributed by atoms with Gasteiger partial charge in [0.1, 0.15) is 34.9 Å². The molecule has 0 radical (unpaired) electrons. The van der Waals surface area contributed by atoms with Crippen LogP contribution >= 0.6 is 0 Å². The van der Waals surface area contributed by atoms with Crippen molar-refractivity contribution in [1.82, 2.24) is 14.9 Å². The molecular formula is C29H22F6N4O4. The van der Waals surface area contributed by atoms with Crippen molar-refractivity contribution in [3.05, 3.63) is 99.1 Å². The topological polar surface area (TPSA) is 105 Å². The number of rotatable bonds is 5. The van der Waals surface area contributed by atoms with Gasteiger partial charge in [-0.1, -0.05) is 12.1 Å². The SMILES string of the molecule is Cc1ccc(-n2cc(C(=O)NC(c3c(F)cccc3F)C(F)(F)F)c(=O)c3ccc(N4CCCC(O)C4=O)nc32)c(F)c1. The first kappa shape index (κ1) is 29.8. The van der Waals surface area contributed by atoms with Crippen LogP contribution in [0.3, 0.4) is 0 Å². The third kappa shape index (κ3) is 5.57. The van der Waals surface area contributed by atoms with E-state index in [4.69, 9.17) is 0 Å². The summed E-state index contributed by atoms with van der Waals surface area (Å²) in [6, 6.07) is 5.16. The fraction of sp³-hybridized carbons (Fsp3) is 0.241. The molecule has 3 heterocycles. The molecule has 5 rings (SSSR count). The van der Waals surface area contributed by atoms with Crippen molar-refractivity contribution in [1.29, 1.82) is 0 Å². The van der Waals surface area contributed by atoms with Gasteiger partial charge in [-0.15, -0.1) is 0 Å². The van der Waals surface area contributed by atoms with Gasteiger partial charge in [0.05, 0.1) is 16.6 Å². The number of anilines is 1. The Morgan fingerprint density at radius 1 is 1.05 bits per heavy atom. The van der Waals surface area contributed by atoms with Crippen LogP contribution in [0.1, 0.15) is 40.4 Å². The van der Waals surface area contributed by atoms with E-state index in [2.05, 4.69) is 4.98 Å². The molecule has 0 saturated carbocycles. The number of aryl methyl sites for hydroxylation is 1. The molecule has 0 spiro atoms. The van der Waals surface area contributed by atoms with E-state index in [0.29, 0.717) is 24.1 Å². The minimum atomic E-state index is -5.38. The standard InChI is InChI=1S/C29H22F6N4O4/c1-14-7-9-20(19(32)12-14)39-13-16(27(42)37-25(29(33,34)35)23-17(30)4-2-5-18(23)31)24(41)15-8-10-22(36-26(15)39)38-11-3-6-21(40)28(38)43/h2,4-5,7-10,12-13,21,25,40H,3,6,11H2,1H3,(H,37,42). The number of carbonyl (C=O) groups is 2. The van der Waals surface area contributed by atoms with E-state index < -0.39 is 64.1 Å². The zero-order valence-electron chi connectivity index (χ0n) is 22.3. The first-order valence-electron chi connectivity index (χ1n) is 12.9. The Morgan fingerprint density at radius 2 is 1.74 bits per heavy atom. The van der Waals surface area contributed by atoms with Crippen molar-refractivity contribution in [3.8, 4) is 5.69 Å². The third-order valence-corrected chi connectivity index (χ3v) is 7.02. The van der Waals surface area contributed by atoms with Crippen LogP contribution in [0.2, 0.25) is 0 Å². The van der Waals surface area contributed by atoms with Crippen LogP contribution in [0.4, 0.5) is 32.2 Å². The predicted molar refractivity (Wildman–Crippen MR) is 142 cm³/mol. The van der Waals surface area contributed by atoms with E-state index in [1.54, 1.807) is 6.92 Å². The van der Waals surface area contributed by atoms with Crippen molar-refractivity contribution in [3.63, 3.8) is 0 Å². The van der Waals surface area contributed by atoms with Crippen molar-refractivity contribution in [2.45, 2.75) is 38.1 Å². The van der Waals surface area contributed by atoms with Crippen LogP contribution in [0.15, 0.2) is 59.5 Å². The number of halogens is 6. The number of aromatic nitrogens is 2. The number of aliphatic hydroxyl groups is 1. The highest BCUT2D eigenvalue weighted by atomic mass is 19.4. The number of hydrogen-bond acceptors (Lipinski definition) is 5. The Morgan fingerprint density at radius 3 is 2.40 bits per heavy atom. The molecule has 2 unspecified atom stereocenters. The van der Waals surface area contributed by atoms with Crippen LogP contribution in [0, 0.1) is 24.4 Å². The van der Waals surface area contributed by atoms with Gasteiger partial charge in [-0.05, 0) is 61.7 Å². The second-order valence-corrected chi connectivity index (χ2v) is 9.97. The van der Waals surface area contributed by atoms with E-state index in [0.717, 1.165) is 29.0 Å². The molecule has 1 aliphatic rings. The van der Waals surface area contributed by atoms with Gasteiger partial charge in [-0.25, -0.2) is 18.2 Å². The normalized spacial score (nSPS) is 16.4. The summed E-state index contributed by atoms with van der Waals surface area (Å²) in [6.07, 6.45) is -5.22. The molecule has 2 amide bonds. The summed E-state index contributed by atoms with van der Waals surface area (Å²) in [5, 5.41) is 11.2. The molecule has 8 nitrogen and oxygen atoms in total. The zero-order chi connectivity index (χ0) is 31.2. The van der Waals surface area contributed by atoms with Gasteiger partial charge in [-0.3, -0.25) is 23.9 Å². The van der Waals surface area contributed by atoms with Gasteiger partial charge >= 0.3 is 6.18 Å². The molecule has 2 N–H and O–H groups in total. The lowest BCUT2D eigenvalue weighted by Gasteiger charge is -2.29. The lowest BCUT2D eigenvalue weighted by Crippen LogP contribution is -2.44. The number of carbonyl (C=O) groups excluding carboxylic acids is 2. The monoisotopic (exact) mass is 604 g/mol. The van der Waals surface area contributed by atoms with E-state index in [9.17, 15) is 41.4 Å². The van der Waals surface area contributed by atoms with Crippen LogP contribution in [0.25, 0.3) is 16.7 Å². The number of benzene rings is 2. The van der Waals surface area contributed by atoms with Crippen molar-refractivity contribution >= 4 is 28.7 Å². The largest absolute Gasteiger partial charge is 0.413 e. The quantitative estimate of drug-likeness (QED) is 0.324.